The maximum Gasteiger partial charge on any atom is 0.312 e. The molecule has 0 aliphatic rings. The number of aromatic nitrogens is 3. The van der Waals surface area contributed by atoms with E-state index in [0.29, 0.717) is 54.0 Å². The fourth-order valence-electron chi connectivity index (χ4n) is 4.39. The topological polar surface area (TPSA) is 85.0 Å². The molecule has 0 saturated heterocycles. The Labute approximate surface area is 268 Å². The van der Waals surface area contributed by atoms with Crippen LogP contribution in [0.5, 0.6) is 0 Å². The van der Waals surface area contributed by atoms with Crippen molar-refractivity contribution in [3.63, 3.8) is 0 Å². The van der Waals surface area contributed by atoms with Gasteiger partial charge in [-0.1, -0.05) is 86.6 Å². The van der Waals surface area contributed by atoms with E-state index in [-0.39, 0.29) is 18.0 Å². The van der Waals surface area contributed by atoms with Crippen molar-refractivity contribution in [3.8, 4) is 6.01 Å². The van der Waals surface area contributed by atoms with Crippen molar-refractivity contribution in [2.75, 3.05) is 10.6 Å². The van der Waals surface area contributed by atoms with Gasteiger partial charge in [-0.2, -0.15) is 4.98 Å². The zero-order valence-electron chi connectivity index (χ0n) is 21.3. The Balaban J connectivity index is 1.44. The molecular formula is C30H18BrCl4N5O2. The van der Waals surface area contributed by atoms with Gasteiger partial charge in [-0.15, -0.1) is 0 Å². The minimum Gasteiger partial charge on any atom is -0.429 e. The molecule has 0 aliphatic heterocycles. The van der Waals surface area contributed by atoms with E-state index >= 15 is 0 Å². The molecular weight excluding hydrogens is 684 g/mol. The highest BCUT2D eigenvalue weighted by Gasteiger charge is 2.20. The number of hydrogen-bond donors (Lipinski definition) is 2. The van der Waals surface area contributed by atoms with Gasteiger partial charge in [0.05, 0.1) is 37.3 Å². The van der Waals surface area contributed by atoms with Gasteiger partial charge in [-0.05, 0) is 60.2 Å². The fraction of sp³-hybridized carbons (Fsp3) is 0.0333. The lowest BCUT2D eigenvalue weighted by atomic mass is 10.1. The first-order valence-electron chi connectivity index (χ1n) is 12.4. The van der Waals surface area contributed by atoms with E-state index in [4.69, 9.17) is 55.8 Å². The molecule has 0 amide bonds. The molecule has 42 heavy (non-hydrogen) atoms. The highest BCUT2D eigenvalue weighted by molar-refractivity contribution is 9.10. The lowest BCUT2D eigenvalue weighted by Crippen LogP contribution is -2.24. The average molecular weight is 702 g/mol. The van der Waals surface area contributed by atoms with Gasteiger partial charge in [0.2, 0.25) is 0 Å². The standard InChI is InChI=1S/C30H18BrCl4N5O2/c31-17-8-11-24-19(13-17)29(41)40(30-39-26(15-42-30)36-25-14-18(32)9-10-20(25)33)27(37-24)12-16-4-1-2-7-23(16)38-28-21(34)5-3-6-22(28)35/h1-11,13-15,36,38H,12H2. The summed E-state index contributed by atoms with van der Waals surface area (Å²) in [7, 11) is 0. The highest BCUT2D eigenvalue weighted by Crippen LogP contribution is 2.34. The lowest BCUT2D eigenvalue weighted by molar-refractivity contribution is 0.515. The van der Waals surface area contributed by atoms with Gasteiger partial charge in [0, 0.05) is 21.6 Å². The van der Waals surface area contributed by atoms with E-state index in [1.165, 1.54) is 10.8 Å². The summed E-state index contributed by atoms with van der Waals surface area (Å²) in [6.45, 7) is 0. The number of oxazole rings is 1. The Morgan fingerprint density at radius 2 is 1.60 bits per heavy atom. The van der Waals surface area contributed by atoms with Crippen molar-refractivity contribution in [1.82, 2.24) is 14.5 Å². The molecule has 210 valence electrons. The normalized spacial score (nSPS) is 11.2. The summed E-state index contributed by atoms with van der Waals surface area (Å²) in [4.78, 5) is 23.3. The number of anilines is 4. The van der Waals surface area contributed by atoms with Gasteiger partial charge in [0.15, 0.2) is 5.82 Å². The first-order valence-corrected chi connectivity index (χ1v) is 14.8. The Morgan fingerprint density at radius 3 is 2.40 bits per heavy atom. The van der Waals surface area contributed by atoms with Gasteiger partial charge in [0.25, 0.3) is 5.56 Å². The average Bonchev–Trinajstić information content (AvgIpc) is 3.42. The lowest BCUT2D eigenvalue weighted by Gasteiger charge is -2.16. The summed E-state index contributed by atoms with van der Waals surface area (Å²) in [5.41, 5.74) is 2.88. The van der Waals surface area contributed by atoms with E-state index < -0.39 is 0 Å². The third-order valence-corrected chi connectivity index (χ3v) is 8.05. The molecule has 0 saturated carbocycles. The van der Waals surface area contributed by atoms with Crippen LogP contribution in [0, 0.1) is 0 Å². The Hall–Kier alpha value is -3.53. The number of fused-ring (bicyclic) bond motifs is 1. The summed E-state index contributed by atoms with van der Waals surface area (Å²) in [5.74, 6) is 0.736. The number of para-hydroxylation sites is 2. The second-order valence-electron chi connectivity index (χ2n) is 9.15. The molecule has 7 nitrogen and oxygen atoms in total. The molecule has 0 aliphatic carbocycles. The highest BCUT2D eigenvalue weighted by atomic mass is 79.9. The molecule has 0 radical (unpaired) electrons. The number of rotatable bonds is 7. The van der Waals surface area contributed by atoms with Gasteiger partial charge in [-0.3, -0.25) is 4.79 Å². The third kappa shape index (κ3) is 5.86. The Morgan fingerprint density at radius 1 is 0.810 bits per heavy atom. The predicted molar refractivity (Wildman–Crippen MR) is 174 cm³/mol. The number of hydrogen-bond acceptors (Lipinski definition) is 6. The summed E-state index contributed by atoms with van der Waals surface area (Å²) in [5, 5.41) is 8.71. The van der Waals surface area contributed by atoms with E-state index in [9.17, 15) is 4.79 Å². The van der Waals surface area contributed by atoms with E-state index in [1.54, 1.807) is 48.5 Å². The fourth-order valence-corrected chi connectivity index (χ4v) is 5.58. The maximum atomic E-state index is 13.9. The number of halogens is 5. The van der Waals surface area contributed by atoms with Crippen molar-refractivity contribution >= 4 is 96.1 Å². The van der Waals surface area contributed by atoms with Crippen molar-refractivity contribution in [1.29, 1.82) is 0 Å². The number of nitrogens with one attached hydrogen (secondary N) is 2. The smallest absolute Gasteiger partial charge is 0.312 e. The first kappa shape index (κ1) is 28.6. The van der Waals surface area contributed by atoms with Gasteiger partial charge in [0.1, 0.15) is 12.1 Å². The van der Waals surface area contributed by atoms with E-state index in [1.807, 2.05) is 30.3 Å². The van der Waals surface area contributed by atoms with Crippen LogP contribution in [0.15, 0.2) is 98.8 Å². The summed E-state index contributed by atoms with van der Waals surface area (Å²) < 4.78 is 7.90. The summed E-state index contributed by atoms with van der Waals surface area (Å²) >= 11 is 28.7. The predicted octanol–water partition coefficient (Wildman–Crippen LogP) is 9.83. The van der Waals surface area contributed by atoms with Crippen LogP contribution in [0.3, 0.4) is 0 Å². The van der Waals surface area contributed by atoms with Crippen molar-refractivity contribution in [2.45, 2.75) is 6.42 Å². The van der Waals surface area contributed by atoms with Crippen LogP contribution in [0.2, 0.25) is 20.1 Å². The van der Waals surface area contributed by atoms with Crippen LogP contribution >= 0.6 is 62.3 Å². The number of benzene rings is 4. The van der Waals surface area contributed by atoms with Gasteiger partial charge >= 0.3 is 6.01 Å². The third-order valence-electron chi connectivity index (χ3n) is 6.36. The minimum atomic E-state index is -0.343. The monoisotopic (exact) mass is 699 g/mol. The quantitative estimate of drug-likeness (QED) is 0.172. The molecule has 0 atom stereocenters. The van der Waals surface area contributed by atoms with E-state index in [2.05, 4.69) is 31.5 Å². The molecule has 0 bridgehead atoms. The Bertz CT molecular complexity index is 2010. The maximum absolute atomic E-state index is 13.9. The van der Waals surface area contributed by atoms with Crippen molar-refractivity contribution < 1.29 is 4.42 Å². The van der Waals surface area contributed by atoms with Crippen LogP contribution in [0.1, 0.15) is 11.4 Å². The number of nitrogens with zero attached hydrogens (tertiary/aromatic N) is 3. The van der Waals surface area contributed by atoms with Crippen LogP contribution in [0.4, 0.5) is 22.9 Å². The van der Waals surface area contributed by atoms with Gasteiger partial charge < -0.3 is 15.1 Å². The summed E-state index contributed by atoms with van der Waals surface area (Å²) in [6.07, 6.45) is 1.64. The zero-order valence-corrected chi connectivity index (χ0v) is 25.9. The SMILES string of the molecule is O=c1c2cc(Br)ccc2nc(Cc2ccccc2Nc2c(Cl)cccc2Cl)n1-c1nc(Nc2cc(Cl)ccc2Cl)co1. The van der Waals surface area contributed by atoms with Crippen molar-refractivity contribution in [3.05, 3.63) is 131 Å². The van der Waals surface area contributed by atoms with E-state index in [0.717, 1.165) is 15.7 Å². The molecule has 0 fully saturated rings. The molecule has 2 aromatic heterocycles. The van der Waals surface area contributed by atoms with Crippen LogP contribution in [-0.4, -0.2) is 14.5 Å². The molecule has 2 N–H and O–H groups in total. The van der Waals surface area contributed by atoms with Crippen LogP contribution < -0.4 is 16.2 Å². The van der Waals surface area contributed by atoms with Gasteiger partial charge in [-0.25, -0.2) is 9.55 Å². The summed E-state index contributed by atoms with van der Waals surface area (Å²) in [6, 6.07) is 23.3. The van der Waals surface area contributed by atoms with Crippen LogP contribution in [0.25, 0.3) is 16.9 Å². The van der Waals surface area contributed by atoms with Crippen LogP contribution in [-0.2, 0) is 6.42 Å². The first-order chi connectivity index (χ1) is 20.3. The second kappa shape index (κ2) is 12.0. The second-order valence-corrected chi connectivity index (χ2v) is 11.7. The zero-order chi connectivity index (χ0) is 29.4. The molecule has 4 aromatic carbocycles. The Kier molecular flexibility index (Phi) is 8.16. The molecule has 0 unspecified atom stereocenters. The minimum absolute atomic E-state index is 0.0321. The molecule has 2 heterocycles. The molecule has 6 rings (SSSR count). The molecule has 12 heteroatoms. The largest absolute Gasteiger partial charge is 0.429 e. The molecule has 0 spiro atoms. The van der Waals surface area contributed by atoms with Crippen molar-refractivity contribution in [2.24, 2.45) is 0 Å². The molecule has 6 aromatic rings.